The summed E-state index contributed by atoms with van der Waals surface area (Å²) in [6.07, 6.45) is 1.69. The number of ether oxygens (including phenoxy) is 2. The molecule has 0 radical (unpaired) electrons. The van der Waals surface area contributed by atoms with Crippen LogP contribution in [0, 0.1) is 0 Å². The summed E-state index contributed by atoms with van der Waals surface area (Å²) in [6, 6.07) is 11.1. The molecule has 0 aliphatic rings. The molecule has 3 rings (SSSR count). The molecule has 0 fully saturated rings. The summed E-state index contributed by atoms with van der Waals surface area (Å²) in [4.78, 5) is 19.3. The van der Waals surface area contributed by atoms with Crippen LogP contribution in [0.5, 0.6) is 11.6 Å². The van der Waals surface area contributed by atoms with Crippen LogP contribution >= 0.6 is 0 Å². The van der Waals surface area contributed by atoms with Gasteiger partial charge in [-0.3, -0.25) is 4.79 Å². The van der Waals surface area contributed by atoms with Crippen molar-refractivity contribution in [1.29, 1.82) is 0 Å². The van der Waals surface area contributed by atoms with E-state index in [1.165, 1.54) is 0 Å². The van der Waals surface area contributed by atoms with E-state index >= 15 is 0 Å². The molecule has 0 aliphatic heterocycles. The number of aromatic amines is 1. The van der Waals surface area contributed by atoms with E-state index in [4.69, 9.17) is 9.47 Å². The van der Waals surface area contributed by atoms with Crippen LogP contribution in [-0.2, 0) is 6.54 Å². The summed E-state index contributed by atoms with van der Waals surface area (Å²) in [6.45, 7) is 2.90. The van der Waals surface area contributed by atoms with Crippen molar-refractivity contribution in [1.82, 2.24) is 9.97 Å². The molecule has 6 nitrogen and oxygen atoms in total. The molecule has 0 bridgehead atoms. The van der Waals surface area contributed by atoms with Crippen LogP contribution in [0.4, 0.5) is 5.69 Å². The third-order valence-electron chi connectivity index (χ3n) is 3.64. The summed E-state index contributed by atoms with van der Waals surface area (Å²) in [5.74, 6) is 1.30. The van der Waals surface area contributed by atoms with Crippen LogP contribution in [0.15, 0.2) is 47.4 Å². The minimum absolute atomic E-state index is 0.123. The lowest BCUT2D eigenvalue weighted by Gasteiger charge is -2.08. The second-order valence-electron chi connectivity index (χ2n) is 5.25. The highest BCUT2D eigenvalue weighted by Crippen LogP contribution is 2.19. The maximum atomic E-state index is 12.2. The van der Waals surface area contributed by atoms with Crippen LogP contribution in [0.3, 0.4) is 0 Å². The minimum Gasteiger partial charge on any atom is -0.497 e. The van der Waals surface area contributed by atoms with Gasteiger partial charge in [-0.25, -0.2) is 4.98 Å². The molecule has 24 heavy (non-hydrogen) atoms. The van der Waals surface area contributed by atoms with E-state index in [2.05, 4.69) is 15.3 Å². The molecule has 0 unspecified atom stereocenters. The molecule has 124 valence electrons. The third-order valence-corrected chi connectivity index (χ3v) is 3.64. The summed E-state index contributed by atoms with van der Waals surface area (Å²) in [5, 5.41) is 4.15. The molecule has 3 aromatic rings. The van der Waals surface area contributed by atoms with Crippen LogP contribution < -0.4 is 20.3 Å². The third kappa shape index (κ3) is 3.48. The fraction of sp³-hybridized carbons (Fsp3) is 0.222. The van der Waals surface area contributed by atoms with Crippen LogP contribution in [0.25, 0.3) is 10.9 Å². The zero-order valence-electron chi connectivity index (χ0n) is 13.6. The number of hydrogen-bond donors (Lipinski definition) is 2. The number of anilines is 1. The Kier molecular flexibility index (Phi) is 4.65. The van der Waals surface area contributed by atoms with Gasteiger partial charge in [0.1, 0.15) is 5.75 Å². The van der Waals surface area contributed by atoms with Crippen molar-refractivity contribution >= 4 is 16.6 Å². The zero-order valence-corrected chi connectivity index (χ0v) is 13.6. The Labute approximate surface area is 139 Å². The lowest BCUT2D eigenvalue weighted by molar-refractivity contribution is 0.327. The molecule has 0 saturated carbocycles. The van der Waals surface area contributed by atoms with E-state index in [0.29, 0.717) is 30.3 Å². The number of aromatic nitrogens is 2. The summed E-state index contributed by atoms with van der Waals surface area (Å²) in [7, 11) is 1.60. The van der Waals surface area contributed by atoms with Crippen molar-refractivity contribution in [3.8, 4) is 11.6 Å². The number of fused-ring (bicyclic) bond motifs is 1. The van der Waals surface area contributed by atoms with Gasteiger partial charge in [0, 0.05) is 24.2 Å². The van der Waals surface area contributed by atoms with E-state index in [0.717, 1.165) is 16.6 Å². The number of nitrogens with zero attached hydrogens (tertiary/aromatic N) is 1. The van der Waals surface area contributed by atoms with Crippen molar-refractivity contribution in [2.45, 2.75) is 13.5 Å². The van der Waals surface area contributed by atoms with Crippen LogP contribution in [0.1, 0.15) is 12.5 Å². The topological polar surface area (TPSA) is 76.2 Å². The lowest BCUT2D eigenvalue weighted by Crippen LogP contribution is -2.15. The van der Waals surface area contributed by atoms with Gasteiger partial charge in [-0.15, -0.1) is 0 Å². The molecular weight excluding hydrogens is 306 g/mol. The van der Waals surface area contributed by atoms with Crippen LogP contribution in [-0.4, -0.2) is 23.7 Å². The highest BCUT2D eigenvalue weighted by Gasteiger charge is 2.05. The van der Waals surface area contributed by atoms with Crippen LogP contribution in [0.2, 0.25) is 0 Å². The Morgan fingerprint density at radius 2 is 2.08 bits per heavy atom. The largest absolute Gasteiger partial charge is 0.497 e. The van der Waals surface area contributed by atoms with Crippen molar-refractivity contribution in [3.63, 3.8) is 0 Å². The van der Waals surface area contributed by atoms with Gasteiger partial charge in [0.2, 0.25) is 5.88 Å². The predicted molar refractivity (Wildman–Crippen MR) is 93.9 cm³/mol. The number of benzene rings is 1. The van der Waals surface area contributed by atoms with Gasteiger partial charge in [0.15, 0.2) is 0 Å². The lowest BCUT2D eigenvalue weighted by atomic mass is 10.1. The van der Waals surface area contributed by atoms with Crippen molar-refractivity contribution in [2.75, 3.05) is 19.0 Å². The number of nitrogens with one attached hydrogen (secondary N) is 2. The highest BCUT2D eigenvalue weighted by molar-refractivity contribution is 5.80. The number of H-pyrrole nitrogens is 1. The first-order chi connectivity index (χ1) is 11.7. The van der Waals surface area contributed by atoms with Gasteiger partial charge in [-0.05, 0) is 36.6 Å². The number of hydrogen-bond acceptors (Lipinski definition) is 5. The van der Waals surface area contributed by atoms with Gasteiger partial charge < -0.3 is 19.8 Å². The average Bonchev–Trinajstić information content (AvgIpc) is 2.61. The van der Waals surface area contributed by atoms with Gasteiger partial charge in [0.05, 0.1) is 31.1 Å². The highest BCUT2D eigenvalue weighted by atomic mass is 16.5. The Balaban J connectivity index is 1.77. The Morgan fingerprint density at radius 3 is 2.79 bits per heavy atom. The second kappa shape index (κ2) is 7.04. The van der Waals surface area contributed by atoms with Gasteiger partial charge in [-0.1, -0.05) is 0 Å². The number of pyridine rings is 2. The van der Waals surface area contributed by atoms with Gasteiger partial charge in [0.25, 0.3) is 5.56 Å². The van der Waals surface area contributed by atoms with E-state index in [9.17, 15) is 4.79 Å². The fourth-order valence-corrected chi connectivity index (χ4v) is 2.40. The maximum absolute atomic E-state index is 12.2. The molecule has 0 spiro atoms. The first-order valence-electron chi connectivity index (χ1n) is 7.72. The molecule has 6 heteroatoms. The van der Waals surface area contributed by atoms with Gasteiger partial charge in [-0.2, -0.15) is 0 Å². The molecule has 0 saturated heterocycles. The average molecular weight is 325 g/mol. The molecule has 0 aliphatic carbocycles. The first kappa shape index (κ1) is 15.9. The number of methoxy groups -OCH3 is 1. The van der Waals surface area contributed by atoms with Gasteiger partial charge >= 0.3 is 0 Å². The van der Waals surface area contributed by atoms with Crippen molar-refractivity contribution in [3.05, 3.63) is 58.5 Å². The normalized spacial score (nSPS) is 10.6. The molecule has 1 aromatic carbocycles. The smallest absolute Gasteiger partial charge is 0.253 e. The molecule has 0 amide bonds. The first-order valence-corrected chi connectivity index (χ1v) is 7.72. The monoisotopic (exact) mass is 325 g/mol. The Hall–Kier alpha value is -3.02. The standard InChI is InChI=1S/C18H19N3O3/c1-3-24-17-7-5-14(11-20-17)19-10-13-8-12-4-6-15(23-2)9-16(12)21-18(13)22/h4-9,11,19H,3,10H2,1-2H3,(H,21,22). The Bertz CT molecular complexity index is 888. The zero-order chi connectivity index (χ0) is 16.9. The van der Waals surface area contributed by atoms with E-state index in [-0.39, 0.29) is 5.56 Å². The maximum Gasteiger partial charge on any atom is 0.253 e. The molecule has 2 N–H and O–H groups in total. The molecular formula is C18H19N3O3. The van der Waals surface area contributed by atoms with E-state index in [1.54, 1.807) is 19.4 Å². The second-order valence-corrected chi connectivity index (χ2v) is 5.25. The number of rotatable bonds is 6. The molecule has 0 atom stereocenters. The fourth-order valence-electron chi connectivity index (χ4n) is 2.40. The van der Waals surface area contributed by atoms with Crippen molar-refractivity contribution < 1.29 is 9.47 Å². The quantitative estimate of drug-likeness (QED) is 0.729. The molecule has 2 aromatic heterocycles. The Morgan fingerprint density at radius 1 is 1.21 bits per heavy atom. The molecule has 2 heterocycles. The minimum atomic E-state index is -0.123. The van der Waals surface area contributed by atoms with E-state index < -0.39 is 0 Å². The summed E-state index contributed by atoms with van der Waals surface area (Å²) < 4.78 is 10.5. The predicted octanol–water partition coefficient (Wildman–Crippen LogP) is 2.94. The SMILES string of the molecule is CCOc1ccc(NCc2cc3ccc(OC)cc3[nH]c2=O)cn1. The summed E-state index contributed by atoms with van der Waals surface area (Å²) >= 11 is 0. The van der Waals surface area contributed by atoms with E-state index in [1.807, 2.05) is 37.3 Å². The van der Waals surface area contributed by atoms with Crippen molar-refractivity contribution in [2.24, 2.45) is 0 Å². The summed E-state index contributed by atoms with van der Waals surface area (Å²) in [5.41, 5.74) is 2.11.